The fraction of sp³-hybridized carbons (Fsp3) is 0.685. The highest BCUT2D eigenvalue weighted by atomic mass is 16.6. The molecule has 1 saturated carbocycles. The van der Waals surface area contributed by atoms with E-state index in [2.05, 4.69) is 16.0 Å². The predicted molar refractivity (Wildman–Crippen MR) is 365 cm³/mol. The third-order valence-corrected chi connectivity index (χ3v) is 18.6. The summed E-state index contributed by atoms with van der Waals surface area (Å²) in [6, 6.07) is 7.61. The van der Waals surface area contributed by atoms with Crippen LogP contribution in [0.5, 0.6) is 0 Å². The molecule has 2 aromatic rings. The Morgan fingerprint density at radius 3 is 1.65 bits per heavy atom. The largest absolute Gasteiger partial charge is 0.456 e. The molecule has 0 spiro atoms. The smallest absolute Gasteiger partial charge is 0.408 e. The summed E-state index contributed by atoms with van der Waals surface area (Å²) in [6.45, 7) is 25.1. The van der Waals surface area contributed by atoms with Crippen LogP contribution in [0.15, 0.2) is 60.7 Å². The summed E-state index contributed by atoms with van der Waals surface area (Å²) in [5.41, 5.74) is -1.77. The maximum atomic E-state index is 15.4. The third kappa shape index (κ3) is 22.8. The van der Waals surface area contributed by atoms with Gasteiger partial charge < -0.3 is 59.8 Å². The Morgan fingerprint density at radius 1 is 0.615 bits per heavy atom. The maximum Gasteiger partial charge on any atom is 0.408 e. The van der Waals surface area contributed by atoms with Crippen LogP contribution < -0.4 is 16.0 Å². The zero-order valence-corrected chi connectivity index (χ0v) is 60.7. The van der Waals surface area contributed by atoms with Crippen molar-refractivity contribution >= 4 is 65.2 Å². The summed E-state index contributed by atoms with van der Waals surface area (Å²) >= 11 is 0. The van der Waals surface area contributed by atoms with E-state index in [9.17, 15) is 38.7 Å². The number of benzene rings is 2. The van der Waals surface area contributed by atoms with E-state index in [4.69, 9.17) is 14.2 Å². The van der Waals surface area contributed by atoms with E-state index < -0.39 is 155 Å². The van der Waals surface area contributed by atoms with Crippen molar-refractivity contribution in [3.05, 3.63) is 71.8 Å². The van der Waals surface area contributed by atoms with Gasteiger partial charge in [-0.2, -0.15) is 0 Å². The van der Waals surface area contributed by atoms with Gasteiger partial charge in [0.2, 0.25) is 35.4 Å². The molecule has 23 heteroatoms. The highest BCUT2D eigenvalue weighted by Crippen LogP contribution is 2.31. The average molecular weight is 1340 g/mol. The molecule has 1 aliphatic carbocycles. The highest BCUT2D eigenvalue weighted by Gasteiger charge is 2.48. The summed E-state index contributed by atoms with van der Waals surface area (Å²) in [5, 5.41) is 20.4. The van der Waals surface area contributed by atoms with Crippen LogP contribution in [0, 0.1) is 35.5 Å². The maximum absolute atomic E-state index is 15.4. The number of nitrogens with zero attached hydrogens (tertiary/aromatic N) is 5. The second kappa shape index (κ2) is 36.8. The van der Waals surface area contributed by atoms with Crippen LogP contribution in [0.4, 0.5) is 4.79 Å². The van der Waals surface area contributed by atoms with Gasteiger partial charge in [-0.25, -0.2) is 14.4 Å². The Hall–Kier alpha value is -7.43. The average Bonchev–Trinajstić information content (AvgIpc) is 1.17. The van der Waals surface area contributed by atoms with E-state index in [0.29, 0.717) is 24.8 Å². The molecule has 1 unspecified atom stereocenters. The molecule has 1 saturated heterocycles. The minimum atomic E-state index is -2.02. The predicted octanol–water partition coefficient (Wildman–Crippen LogP) is 7.92. The lowest BCUT2D eigenvalue weighted by Gasteiger charge is -2.40. The van der Waals surface area contributed by atoms with Crippen LogP contribution >= 0.6 is 0 Å². The summed E-state index contributed by atoms with van der Waals surface area (Å²) in [7, 11) is 5.65. The minimum Gasteiger partial charge on any atom is -0.456 e. The first-order valence-electron chi connectivity index (χ1n) is 34.6. The second-order valence-electron chi connectivity index (χ2n) is 29.3. The van der Waals surface area contributed by atoms with Gasteiger partial charge in [-0.1, -0.05) is 168 Å². The molecule has 1 heterocycles. The molecule has 4 N–H and O–H groups in total. The van der Waals surface area contributed by atoms with Crippen molar-refractivity contribution in [1.29, 1.82) is 0 Å². The molecule has 11 atom stereocenters. The van der Waals surface area contributed by atoms with E-state index in [0.717, 1.165) is 42.6 Å². The standard InChI is InChI=1S/C73H114N8O15/c1-20-47(9)57(76-71(92)96-72(11,12)13)67(88)78(17)58(45(5)6)62(83)74-52(40-44(3)4)65(86)80(19)61(73(14,15)93)70(91)95-60(48(10)21-2)68(89)79(18)59(46(7)8)63(84)75-53(41-49-32-25-22-26-33-49)64(85)77(16)55(42-50-34-27-23-28-35-50)66(87)81-39-31-38-54(81)69(90)94-43-56(82)51-36-29-24-30-37-51/h23-24,27-30,34-37,44-49,52-55,57-61,93H,20-22,25-26,31-33,38-43H2,1-19H3,(H,74,83)(H,75,84)(H,76,92)/t47-,48?,52+,53+,54+,55+,57+,58+,59+,60-,61-/m1/s1. The SMILES string of the molecule is CCC(C)[C@@H](OC(=O)[C@@H](N(C)C(=O)[C@H](CC(C)C)NC(=O)[C@H](C(C)C)N(C)C(=O)[C@@H](NC(=O)OC(C)(C)C)[C@H](C)CC)C(C)(C)O)C(=O)N(C)[C@H](C(=O)N[C@@H](CC1CCCCC1)C(=O)N(C)[C@@H](Cc1ccccc1)C(=O)N1CCC[C@H]1C(=O)OCC(=O)c1ccccc1)C(C)C. The normalized spacial score (nSPS) is 17.7. The summed E-state index contributed by atoms with van der Waals surface area (Å²) in [4.78, 5) is 165. The van der Waals surface area contributed by atoms with Gasteiger partial charge in [0.1, 0.15) is 47.9 Å². The molecule has 2 aromatic carbocycles. The van der Waals surface area contributed by atoms with Crippen molar-refractivity contribution in [1.82, 2.24) is 40.4 Å². The minimum absolute atomic E-state index is 0.0239. The van der Waals surface area contributed by atoms with Crippen molar-refractivity contribution < 1.29 is 72.1 Å². The Morgan fingerprint density at radius 2 is 1.14 bits per heavy atom. The number of carbonyl (C=O) groups excluding carboxylic acids is 11. The summed E-state index contributed by atoms with van der Waals surface area (Å²) in [5.74, 6) is -9.20. The molecule has 96 heavy (non-hydrogen) atoms. The van der Waals surface area contributed by atoms with Crippen molar-refractivity contribution in [2.24, 2.45) is 35.5 Å². The molecule has 23 nitrogen and oxygen atoms in total. The molecule has 4 rings (SSSR count). The third-order valence-electron chi connectivity index (χ3n) is 18.6. The lowest BCUT2D eigenvalue weighted by Crippen LogP contribution is -2.63. The van der Waals surface area contributed by atoms with Gasteiger partial charge in [-0.05, 0) is 102 Å². The molecule has 2 fully saturated rings. The number of Topliss-reactive ketones (excluding diaryl/α,β-unsaturated/α-hetero) is 1. The fourth-order valence-corrected chi connectivity index (χ4v) is 13.0. The lowest BCUT2D eigenvalue weighted by atomic mass is 9.84. The zero-order valence-electron chi connectivity index (χ0n) is 60.7. The Labute approximate surface area is 570 Å². The number of esters is 2. The quantitative estimate of drug-likeness (QED) is 0.0300. The summed E-state index contributed by atoms with van der Waals surface area (Å²) < 4.78 is 17.2. The van der Waals surface area contributed by atoms with Crippen molar-refractivity contribution in [2.45, 2.75) is 247 Å². The Kier molecular flexibility index (Phi) is 31.0. The first kappa shape index (κ1) is 81.0. The molecule has 2 aliphatic rings. The Balaban J connectivity index is 1.64. The van der Waals surface area contributed by atoms with Crippen LogP contribution in [0.25, 0.3) is 0 Å². The Bertz CT molecular complexity index is 2940. The van der Waals surface area contributed by atoms with E-state index in [1.54, 1.807) is 99.6 Å². The van der Waals surface area contributed by atoms with Crippen molar-refractivity contribution in [3.8, 4) is 0 Å². The van der Waals surface area contributed by atoms with Gasteiger partial charge in [0, 0.05) is 52.6 Å². The van der Waals surface area contributed by atoms with Crippen LogP contribution in [-0.4, -0.2) is 202 Å². The van der Waals surface area contributed by atoms with Crippen LogP contribution in [-0.2, 0) is 63.8 Å². The number of alkyl carbamates (subject to hydrolysis) is 1. The molecule has 0 bridgehead atoms. The number of rotatable bonds is 33. The first-order chi connectivity index (χ1) is 44.9. The number of ketones is 1. The molecule has 0 aromatic heterocycles. The lowest BCUT2D eigenvalue weighted by molar-refractivity contribution is -0.177. The number of nitrogens with one attached hydrogen (secondary N) is 3. The molecular formula is C73H114N8O15. The topological polar surface area (TPSA) is 288 Å². The number of amides is 8. The van der Waals surface area contributed by atoms with Crippen molar-refractivity contribution in [3.63, 3.8) is 0 Å². The van der Waals surface area contributed by atoms with Gasteiger partial charge in [0.05, 0.1) is 5.60 Å². The van der Waals surface area contributed by atoms with Crippen LogP contribution in [0.1, 0.15) is 190 Å². The van der Waals surface area contributed by atoms with Gasteiger partial charge in [-0.3, -0.25) is 38.4 Å². The number of ether oxygens (including phenoxy) is 3. The van der Waals surface area contributed by atoms with Gasteiger partial charge in [-0.15, -0.1) is 0 Å². The highest BCUT2D eigenvalue weighted by molar-refractivity contribution is 6.00. The van der Waals surface area contributed by atoms with E-state index in [1.165, 1.54) is 61.6 Å². The number of likely N-dealkylation sites (N-methyl/N-ethyl adjacent to an activating group) is 4. The summed E-state index contributed by atoms with van der Waals surface area (Å²) in [6.07, 6.45) is 3.95. The van der Waals surface area contributed by atoms with Gasteiger partial charge in [0.15, 0.2) is 24.5 Å². The molecule has 1 aliphatic heterocycles. The number of aliphatic hydroxyl groups is 1. The second-order valence-corrected chi connectivity index (χ2v) is 29.3. The fourth-order valence-electron chi connectivity index (χ4n) is 13.0. The molecule has 0 radical (unpaired) electrons. The molecular weight excluding hydrogens is 1230 g/mol. The number of hydrogen-bond acceptors (Lipinski definition) is 15. The van der Waals surface area contributed by atoms with E-state index in [-0.39, 0.29) is 50.0 Å². The first-order valence-corrected chi connectivity index (χ1v) is 34.6. The number of likely N-dealkylation sites (tertiary alicyclic amines) is 1. The van der Waals surface area contributed by atoms with E-state index in [1.807, 2.05) is 51.1 Å². The van der Waals surface area contributed by atoms with Crippen molar-refractivity contribution in [2.75, 3.05) is 41.3 Å². The molecule has 8 amide bonds. The van der Waals surface area contributed by atoms with Crippen LogP contribution in [0.3, 0.4) is 0 Å². The van der Waals surface area contributed by atoms with Gasteiger partial charge in [0.25, 0.3) is 5.91 Å². The zero-order chi connectivity index (χ0) is 72.3. The molecule has 536 valence electrons. The van der Waals surface area contributed by atoms with Crippen LogP contribution in [0.2, 0.25) is 0 Å². The number of hydrogen-bond donors (Lipinski definition) is 4. The number of carbonyl (C=O) groups is 11. The van der Waals surface area contributed by atoms with E-state index >= 15 is 19.2 Å². The monoisotopic (exact) mass is 1340 g/mol. The van der Waals surface area contributed by atoms with Gasteiger partial charge >= 0.3 is 18.0 Å².